The monoisotopic (exact) mass is 69.1 g/mol. The first-order valence-corrected chi connectivity index (χ1v) is 1.70. The molecule has 2 heteroatoms. The van der Waals surface area contributed by atoms with Crippen LogP contribution in [0.4, 0.5) is 0 Å². The van der Waals surface area contributed by atoms with Crippen molar-refractivity contribution in [1.82, 2.24) is 5.32 Å². The number of nitrogens with one attached hydrogen (secondary N) is 1. The van der Waals surface area contributed by atoms with Gasteiger partial charge in [0.25, 0.3) is 0 Å². The molecular formula is C3H8BN. The minimum atomic E-state index is 1.88. The molecule has 5 heavy (non-hydrogen) atoms. The zero-order chi connectivity index (χ0) is 4.12. The molecule has 0 saturated heterocycles. The van der Waals surface area contributed by atoms with Crippen molar-refractivity contribution in [3.63, 3.8) is 0 Å². The third-order valence-corrected chi connectivity index (χ3v) is 0.333. The van der Waals surface area contributed by atoms with Crippen LogP contribution in [-0.4, -0.2) is 14.9 Å². The van der Waals surface area contributed by atoms with Crippen molar-refractivity contribution >= 4 is 7.85 Å². The maximum atomic E-state index is 2.84. The Bertz CT molecular complexity index is 33.9. The SMILES string of the molecule is B/C=C/NC. The summed E-state index contributed by atoms with van der Waals surface area (Å²) in [6.45, 7) is 0. The predicted octanol–water partition coefficient (Wildman–Crippen LogP) is -0.690. The second-order valence-electron chi connectivity index (χ2n) is 0.789. The molecule has 0 bridgehead atoms. The summed E-state index contributed by atoms with van der Waals surface area (Å²) in [5.41, 5.74) is 0. The van der Waals surface area contributed by atoms with Gasteiger partial charge in [0, 0.05) is 7.05 Å². The van der Waals surface area contributed by atoms with E-state index >= 15 is 0 Å². The molecule has 0 rings (SSSR count). The van der Waals surface area contributed by atoms with Crippen LogP contribution < -0.4 is 5.32 Å². The summed E-state index contributed by atoms with van der Waals surface area (Å²) < 4.78 is 0. The fraction of sp³-hybridized carbons (Fsp3) is 0.333. The highest BCUT2D eigenvalue weighted by Gasteiger charge is 1.46. The Balaban J connectivity index is 2.62. The first-order valence-electron chi connectivity index (χ1n) is 1.70. The maximum absolute atomic E-state index is 2.84. The fourth-order valence-electron chi connectivity index (χ4n) is 0.167. The van der Waals surface area contributed by atoms with Crippen molar-refractivity contribution in [2.75, 3.05) is 7.05 Å². The number of rotatable bonds is 1. The molecule has 0 aromatic carbocycles. The lowest BCUT2D eigenvalue weighted by atomic mass is 10.2. The average molecular weight is 68.9 g/mol. The Kier molecular flexibility index (Phi) is 3.32. The molecule has 28 valence electrons. The summed E-state index contributed by atoms with van der Waals surface area (Å²) in [6, 6.07) is 0. The molecular weight excluding hydrogens is 60.9 g/mol. The molecule has 0 unspecified atom stereocenters. The van der Waals surface area contributed by atoms with E-state index in [4.69, 9.17) is 0 Å². The summed E-state index contributed by atoms with van der Waals surface area (Å²) >= 11 is 0. The zero-order valence-corrected chi connectivity index (χ0v) is 3.65. The molecule has 0 aliphatic rings. The zero-order valence-electron chi connectivity index (χ0n) is 3.65. The third-order valence-electron chi connectivity index (χ3n) is 0.333. The van der Waals surface area contributed by atoms with E-state index in [1.165, 1.54) is 0 Å². The fourth-order valence-corrected chi connectivity index (χ4v) is 0.167. The molecule has 0 heterocycles. The standard InChI is InChI=1S/C3H8BN/c1-5-3-2-4/h2-3,5H,4H2,1H3/b3-2+. The molecule has 1 nitrogen and oxygen atoms in total. The Morgan fingerprint density at radius 1 is 1.80 bits per heavy atom. The van der Waals surface area contributed by atoms with E-state index in [1.807, 2.05) is 27.1 Å². The first kappa shape index (κ1) is 4.60. The van der Waals surface area contributed by atoms with Gasteiger partial charge >= 0.3 is 0 Å². The van der Waals surface area contributed by atoms with Gasteiger partial charge in [0.05, 0.1) is 0 Å². The minimum absolute atomic E-state index is 1.88. The second-order valence-corrected chi connectivity index (χ2v) is 0.789. The van der Waals surface area contributed by atoms with Crippen LogP contribution in [0.1, 0.15) is 0 Å². The van der Waals surface area contributed by atoms with Crippen LogP contribution in [0.2, 0.25) is 0 Å². The lowest BCUT2D eigenvalue weighted by molar-refractivity contribution is 1.11. The third kappa shape index (κ3) is 3.60. The topological polar surface area (TPSA) is 12.0 Å². The Hall–Kier alpha value is -0.395. The van der Waals surface area contributed by atoms with Crippen molar-refractivity contribution in [2.45, 2.75) is 0 Å². The van der Waals surface area contributed by atoms with Crippen LogP contribution in [-0.2, 0) is 0 Å². The number of hydrogen-bond acceptors (Lipinski definition) is 1. The summed E-state index contributed by atoms with van der Waals surface area (Å²) in [4.78, 5) is 0. The summed E-state index contributed by atoms with van der Waals surface area (Å²) in [5.74, 6) is 1.94. The van der Waals surface area contributed by atoms with Crippen LogP contribution >= 0.6 is 0 Å². The average Bonchev–Trinajstić information content (AvgIpc) is 1.41. The Morgan fingerprint density at radius 2 is 2.40 bits per heavy atom. The van der Waals surface area contributed by atoms with Crippen LogP contribution in [0.5, 0.6) is 0 Å². The van der Waals surface area contributed by atoms with Gasteiger partial charge in [-0.05, 0) is 6.20 Å². The van der Waals surface area contributed by atoms with Crippen LogP contribution in [0.25, 0.3) is 0 Å². The lowest BCUT2D eigenvalue weighted by Gasteiger charge is -1.75. The van der Waals surface area contributed by atoms with Gasteiger partial charge in [0.2, 0.25) is 0 Å². The van der Waals surface area contributed by atoms with E-state index in [9.17, 15) is 0 Å². The lowest BCUT2D eigenvalue weighted by Crippen LogP contribution is -1.89. The minimum Gasteiger partial charge on any atom is -0.395 e. The van der Waals surface area contributed by atoms with Crippen LogP contribution in [0.15, 0.2) is 12.2 Å². The molecule has 0 aromatic rings. The maximum Gasteiger partial charge on any atom is 0.131 e. The van der Waals surface area contributed by atoms with Gasteiger partial charge in [-0.25, -0.2) is 0 Å². The van der Waals surface area contributed by atoms with E-state index < -0.39 is 0 Å². The van der Waals surface area contributed by atoms with Gasteiger partial charge in [-0.3, -0.25) is 0 Å². The van der Waals surface area contributed by atoms with Crippen LogP contribution in [0, 0.1) is 0 Å². The Morgan fingerprint density at radius 3 is 2.40 bits per heavy atom. The molecule has 0 spiro atoms. The molecule has 0 atom stereocenters. The molecule has 0 fully saturated rings. The largest absolute Gasteiger partial charge is 0.395 e. The molecule has 0 aliphatic heterocycles. The van der Waals surface area contributed by atoms with E-state index in [0.29, 0.717) is 0 Å². The molecule has 0 aromatic heterocycles. The molecule has 0 radical (unpaired) electrons. The van der Waals surface area contributed by atoms with E-state index in [1.54, 1.807) is 0 Å². The van der Waals surface area contributed by atoms with Crippen molar-refractivity contribution in [2.24, 2.45) is 0 Å². The molecule has 0 aliphatic carbocycles. The van der Waals surface area contributed by atoms with Gasteiger partial charge in [-0.1, -0.05) is 0 Å². The first-order chi connectivity index (χ1) is 2.41. The smallest absolute Gasteiger partial charge is 0.131 e. The van der Waals surface area contributed by atoms with Gasteiger partial charge in [0.15, 0.2) is 0 Å². The molecule has 0 amide bonds. The summed E-state index contributed by atoms with van der Waals surface area (Å²) in [6.07, 6.45) is 1.88. The highest BCUT2D eigenvalue weighted by atomic mass is 14.8. The van der Waals surface area contributed by atoms with E-state index in [-0.39, 0.29) is 0 Å². The van der Waals surface area contributed by atoms with Gasteiger partial charge in [0.1, 0.15) is 7.85 Å². The summed E-state index contributed by atoms with van der Waals surface area (Å²) in [7, 11) is 3.84. The van der Waals surface area contributed by atoms with Crippen molar-refractivity contribution in [3.8, 4) is 0 Å². The van der Waals surface area contributed by atoms with Crippen molar-refractivity contribution in [3.05, 3.63) is 12.2 Å². The van der Waals surface area contributed by atoms with Gasteiger partial charge in [-0.2, -0.15) is 0 Å². The van der Waals surface area contributed by atoms with E-state index in [0.717, 1.165) is 0 Å². The van der Waals surface area contributed by atoms with Gasteiger partial charge in [-0.15, -0.1) is 5.98 Å². The quantitative estimate of drug-likeness (QED) is 0.402. The highest BCUT2D eigenvalue weighted by Crippen LogP contribution is 1.46. The Labute approximate surface area is 33.5 Å². The van der Waals surface area contributed by atoms with Crippen LogP contribution in [0.3, 0.4) is 0 Å². The normalized spacial score (nSPS) is 9.00. The highest BCUT2D eigenvalue weighted by molar-refractivity contribution is 6.16. The van der Waals surface area contributed by atoms with Gasteiger partial charge < -0.3 is 5.32 Å². The number of hydrogen-bond donors (Lipinski definition) is 1. The molecule has 1 N–H and O–H groups in total. The van der Waals surface area contributed by atoms with E-state index in [2.05, 4.69) is 5.32 Å². The predicted molar refractivity (Wildman–Crippen MR) is 26.7 cm³/mol. The van der Waals surface area contributed by atoms with Crippen molar-refractivity contribution < 1.29 is 0 Å². The second kappa shape index (κ2) is 3.60. The molecule has 0 saturated carbocycles. The van der Waals surface area contributed by atoms with Crippen molar-refractivity contribution in [1.29, 1.82) is 0 Å². The summed E-state index contributed by atoms with van der Waals surface area (Å²) in [5, 5.41) is 2.84.